The summed E-state index contributed by atoms with van der Waals surface area (Å²) in [7, 11) is -0.255. The molecule has 7 rings (SSSR count). The molecule has 0 saturated carbocycles. The lowest BCUT2D eigenvalue weighted by Gasteiger charge is -2.47. The Bertz CT molecular complexity index is 2520. The summed E-state index contributed by atoms with van der Waals surface area (Å²) >= 11 is 0. The van der Waals surface area contributed by atoms with Crippen molar-refractivity contribution in [1.29, 1.82) is 21.0 Å². The zero-order valence-corrected chi connectivity index (χ0v) is 27.9. The van der Waals surface area contributed by atoms with Crippen LogP contribution in [0.2, 0.25) is 19.6 Å². The Kier molecular flexibility index (Phi) is 6.86. The maximum Gasteiger partial charge on any atom is 0.205 e. The SMILES string of the molecule is COc1ccc(C2=C(c3c4cc5ccccc5cc4c(C#C[Si](C)(C)C)c4cc5ccccc5cc34)C(C#N)(C#N)C2(C#N)C#N)cc1. The van der Waals surface area contributed by atoms with Crippen LogP contribution < -0.4 is 4.74 Å². The summed E-state index contributed by atoms with van der Waals surface area (Å²) in [5, 5.41) is 50.5. The molecule has 1 aliphatic carbocycles. The predicted octanol–water partition coefficient (Wildman–Crippen LogP) is 9.53. The number of nitriles is 4. The van der Waals surface area contributed by atoms with E-state index in [4.69, 9.17) is 4.74 Å². The number of hydrogen-bond donors (Lipinski definition) is 0. The summed E-state index contributed by atoms with van der Waals surface area (Å²) in [4.78, 5) is 0. The number of rotatable bonds is 3. The Morgan fingerprint density at radius 2 is 0.979 bits per heavy atom. The van der Waals surface area contributed by atoms with Crippen molar-refractivity contribution in [3.8, 4) is 41.5 Å². The molecule has 226 valence electrons. The zero-order chi connectivity index (χ0) is 33.8. The standard InChI is InChI=1S/C42H28N4OSi/c1-47-32-15-13-27(14-16-32)39-40(42(25-45,26-46)41(39,23-43)24-44)38-36-21-30-11-7-5-9-28(30)19-34(36)33(17-18-48(2,3)4)35-20-29-10-6-8-12-31(29)22-37(35)38/h5-16,19-22H,1-4H3. The van der Waals surface area contributed by atoms with Crippen LogP contribution in [0.5, 0.6) is 5.75 Å². The van der Waals surface area contributed by atoms with Crippen molar-refractivity contribution >= 4 is 62.3 Å². The van der Waals surface area contributed by atoms with Gasteiger partial charge in [0.2, 0.25) is 10.8 Å². The van der Waals surface area contributed by atoms with Gasteiger partial charge in [-0.3, -0.25) is 0 Å². The average molecular weight is 633 g/mol. The normalized spacial score (nSPS) is 14.7. The van der Waals surface area contributed by atoms with Gasteiger partial charge in [-0.25, -0.2) is 0 Å². The molecule has 48 heavy (non-hydrogen) atoms. The molecule has 0 aromatic heterocycles. The smallest absolute Gasteiger partial charge is 0.205 e. The molecule has 0 spiro atoms. The van der Waals surface area contributed by atoms with E-state index in [1.54, 1.807) is 31.4 Å². The van der Waals surface area contributed by atoms with E-state index in [-0.39, 0.29) is 0 Å². The topological polar surface area (TPSA) is 104 Å². The molecule has 6 aromatic carbocycles. The van der Waals surface area contributed by atoms with E-state index < -0.39 is 18.9 Å². The van der Waals surface area contributed by atoms with Crippen LogP contribution >= 0.6 is 0 Å². The minimum Gasteiger partial charge on any atom is -0.497 e. The molecule has 0 heterocycles. The van der Waals surface area contributed by atoms with Gasteiger partial charge >= 0.3 is 0 Å². The molecule has 1 aliphatic rings. The monoisotopic (exact) mass is 632 g/mol. The van der Waals surface area contributed by atoms with Crippen molar-refractivity contribution < 1.29 is 4.74 Å². The van der Waals surface area contributed by atoms with Gasteiger partial charge < -0.3 is 4.74 Å². The zero-order valence-electron chi connectivity index (χ0n) is 26.9. The Hall–Kier alpha value is -6.36. The second-order valence-corrected chi connectivity index (χ2v) is 17.9. The van der Waals surface area contributed by atoms with E-state index in [1.165, 1.54) is 0 Å². The molecule has 0 N–H and O–H groups in total. The maximum absolute atomic E-state index is 10.9. The van der Waals surface area contributed by atoms with Crippen LogP contribution in [0, 0.1) is 67.6 Å². The molecule has 0 amide bonds. The third-order valence-electron chi connectivity index (χ3n) is 9.27. The van der Waals surface area contributed by atoms with Crippen LogP contribution in [-0.4, -0.2) is 15.2 Å². The van der Waals surface area contributed by atoms with Gasteiger partial charge in [0, 0.05) is 16.7 Å². The quantitative estimate of drug-likeness (QED) is 0.110. The van der Waals surface area contributed by atoms with Crippen LogP contribution in [0.4, 0.5) is 0 Å². The first-order valence-electron chi connectivity index (χ1n) is 15.5. The molecule has 0 radical (unpaired) electrons. The summed E-state index contributed by atoms with van der Waals surface area (Å²) in [5.74, 6) is 4.19. The van der Waals surface area contributed by atoms with Crippen molar-refractivity contribution in [2.24, 2.45) is 10.8 Å². The van der Waals surface area contributed by atoms with Crippen molar-refractivity contribution in [1.82, 2.24) is 0 Å². The minimum atomic E-state index is -2.07. The number of allylic oxidation sites excluding steroid dienone is 2. The van der Waals surface area contributed by atoms with Crippen LogP contribution in [0.3, 0.4) is 0 Å². The van der Waals surface area contributed by atoms with E-state index in [2.05, 4.69) is 91.8 Å². The molecule has 0 atom stereocenters. The summed E-state index contributed by atoms with van der Waals surface area (Å²) < 4.78 is 5.40. The lowest BCUT2D eigenvalue weighted by Crippen LogP contribution is -2.49. The summed E-state index contributed by atoms with van der Waals surface area (Å²) in [6.45, 7) is 6.63. The number of benzene rings is 6. The first-order chi connectivity index (χ1) is 23.1. The Morgan fingerprint density at radius 1 is 0.562 bits per heavy atom. The highest BCUT2D eigenvalue weighted by Gasteiger charge is 2.69. The van der Waals surface area contributed by atoms with Gasteiger partial charge in [0.1, 0.15) is 13.8 Å². The number of nitrogens with zero attached hydrogens (tertiary/aromatic N) is 4. The van der Waals surface area contributed by atoms with Crippen LogP contribution in [0.15, 0.2) is 97.1 Å². The Morgan fingerprint density at radius 3 is 1.38 bits per heavy atom. The molecule has 6 heteroatoms. The molecule has 0 bridgehead atoms. The highest BCUT2D eigenvalue weighted by atomic mass is 28.3. The van der Waals surface area contributed by atoms with Crippen LogP contribution in [0.25, 0.3) is 54.2 Å². The Labute approximate surface area is 280 Å². The van der Waals surface area contributed by atoms with E-state index in [0.717, 1.165) is 48.7 Å². The Balaban J connectivity index is 1.79. The molecule has 5 nitrogen and oxygen atoms in total. The molecule has 0 aliphatic heterocycles. The van der Waals surface area contributed by atoms with Crippen LogP contribution in [-0.2, 0) is 0 Å². The van der Waals surface area contributed by atoms with Gasteiger partial charge in [0.25, 0.3) is 0 Å². The summed E-state index contributed by atoms with van der Waals surface area (Å²) in [6, 6.07) is 40.3. The van der Waals surface area contributed by atoms with Crippen molar-refractivity contribution in [3.05, 3.63) is 114 Å². The highest BCUT2D eigenvalue weighted by Crippen LogP contribution is 2.68. The van der Waals surface area contributed by atoms with E-state index in [1.807, 2.05) is 36.4 Å². The molecule has 0 fully saturated rings. The van der Waals surface area contributed by atoms with Crippen LogP contribution in [0.1, 0.15) is 16.7 Å². The van der Waals surface area contributed by atoms with E-state index >= 15 is 0 Å². The summed E-state index contributed by atoms with van der Waals surface area (Å²) in [5.41, 5.74) is 2.29. The largest absolute Gasteiger partial charge is 0.497 e. The van der Waals surface area contributed by atoms with Crippen molar-refractivity contribution in [2.45, 2.75) is 19.6 Å². The van der Waals surface area contributed by atoms with E-state index in [0.29, 0.717) is 28.0 Å². The van der Waals surface area contributed by atoms with Gasteiger partial charge in [-0.2, -0.15) is 21.0 Å². The van der Waals surface area contributed by atoms with Gasteiger partial charge in [-0.05, 0) is 90.6 Å². The summed E-state index contributed by atoms with van der Waals surface area (Å²) in [6.07, 6.45) is 0. The fraction of sp³-hybridized carbons (Fsp3) is 0.143. The fourth-order valence-electron chi connectivity index (χ4n) is 6.98. The van der Waals surface area contributed by atoms with Crippen molar-refractivity contribution in [3.63, 3.8) is 0 Å². The number of hydrogen-bond acceptors (Lipinski definition) is 5. The number of fused-ring (bicyclic) bond motifs is 4. The van der Waals surface area contributed by atoms with Crippen molar-refractivity contribution in [2.75, 3.05) is 7.11 Å². The second-order valence-electron chi connectivity index (χ2n) is 13.2. The first-order valence-corrected chi connectivity index (χ1v) is 19.0. The lowest BCUT2D eigenvalue weighted by molar-refractivity contribution is 0.414. The molecular weight excluding hydrogens is 605 g/mol. The molecule has 0 unspecified atom stereocenters. The van der Waals surface area contributed by atoms with Gasteiger partial charge in [-0.1, -0.05) is 86.2 Å². The fourth-order valence-corrected chi connectivity index (χ4v) is 7.48. The minimum absolute atomic E-state index is 0.350. The molecule has 0 saturated heterocycles. The number of ether oxygens (including phenoxy) is 1. The lowest BCUT2D eigenvalue weighted by atomic mass is 9.45. The average Bonchev–Trinajstić information content (AvgIpc) is 3.10. The third-order valence-corrected chi connectivity index (χ3v) is 10.1. The molecular formula is C42H28N4OSi. The second kappa shape index (κ2) is 10.9. The highest BCUT2D eigenvalue weighted by molar-refractivity contribution is 6.84. The van der Waals surface area contributed by atoms with Gasteiger partial charge in [0.15, 0.2) is 0 Å². The first kappa shape index (κ1) is 30.3. The van der Waals surface area contributed by atoms with E-state index in [9.17, 15) is 21.0 Å². The third kappa shape index (κ3) is 4.20. The maximum atomic E-state index is 10.9. The molecule has 6 aromatic rings. The number of methoxy groups -OCH3 is 1. The predicted molar refractivity (Wildman–Crippen MR) is 194 cm³/mol. The van der Waals surface area contributed by atoms with Gasteiger partial charge in [0.05, 0.1) is 31.4 Å². The van der Waals surface area contributed by atoms with Gasteiger partial charge in [-0.15, -0.1) is 5.54 Å².